The largest absolute Gasteiger partial charge is 0.225 e. The van der Waals surface area contributed by atoms with Gasteiger partial charge in [-0.3, -0.25) is 0 Å². The molecule has 0 aliphatic rings. The molecule has 0 saturated heterocycles. The van der Waals surface area contributed by atoms with Gasteiger partial charge < -0.3 is 0 Å². The maximum absolute atomic E-state index is 11.1. The molecule has 0 spiro atoms. The van der Waals surface area contributed by atoms with Gasteiger partial charge in [0.25, 0.3) is 0 Å². The van der Waals surface area contributed by atoms with Crippen LogP contribution in [-0.4, -0.2) is 11.3 Å². The summed E-state index contributed by atoms with van der Waals surface area (Å²) in [4.78, 5) is 0. The summed E-state index contributed by atoms with van der Waals surface area (Å²) in [7, 11) is 0. The number of rotatable bonds is 1. The zero-order valence-electron chi connectivity index (χ0n) is 2.67. The Labute approximate surface area is 44.0 Å². The number of hydrogen-bond donors (Lipinski definition) is 0. The molecule has 38 valence electrons. The highest BCUT2D eigenvalue weighted by Crippen LogP contribution is 2.10. The van der Waals surface area contributed by atoms with E-state index in [0.717, 1.165) is 0 Å². The van der Waals surface area contributed by atoms with Crippen molar-refractivity contribution in [1.82, 2.24) is 0 Å². The van der Waals surface area contributed by atoms with Gasteiger partial charge in [0.2, 0.25) is 11.3 Å². The monoisotopic (exact) mass is 134 g/mol. The van der Waals surface area contributed by atoms with Crippen molar-refractivity contribution in [2.24, 2.45) is 0 Å². The molecule has 0 unspecified atom stereocenters. The average Bonchev–Trinajstić information content (AvgIpc) is 1.36. The van der Waals surface area contributed by atoms with Crippen LogP contribution < -0.4 is 0 Å². The molecule has 4 heteroatoms. The Morgan fingerprint density at radius 1 is 1.00 bits per heavy atom. The third kappa shape index (κ3) is 2.67. The Balaban J connectivity index is 2.99. The molecule has 0 fully saturated rings. The summed E-state index contributed by atoms with van der Waals surface area (Å²) >= 11 is 8.88. The Kier molecular flexibility index (Phi) is 2.78. The van der Waals surface area contributed by atoms with E-state index in [4.69, 9.17) is 0 Å². The van der Waals surface area contributed by atoms with Crippen LogP contribution in [0.15, 0.2) is 0 Å². The summed E-state index contributed by atoms with van der Waals surface area (Å²) in [6.45, 7) is 0. The van der Waals surface area contributed by atoms with E-state index in [9.17, 15) is 8.78 Å². The van der Waals surface area contributed by atoms with Gasteiger partial charge in [-0.05, 0) is 0 Å². The topological polar surface area (TPSA) is 0 Å². The summed E-state index contributed by atoms with van der Waals surface area (Å²) < 4.78 is 22.2. The van der Waals surface area contributed by atoms with Crippen molar-refractivity contribution in [3.05, 3.63) is 0 Å². The molecule has 0 bridgehead atoms. The van der Waals surface area contributed by atoms with E-state index in [1.807, 2.05) is 0 Å². The second-order valence-corrected chi connectivity index (χ2v) is 1.50. The molecule has 0 heterocycles. The molecule has 0 aliphatic heterocycles. The predicted octanol–water partition coefficient (Wildman–Crippen LogP) is 2.06. The molecule has 0 nitrogen and oxygen atoms in total. The minimum absolute atomic E-state index is 2.08. The number of hydrogen-bond acceptors (Lipinski definition) is 0. The molecule has 0 aromatic heterocycles. The van der Waals surface area contributed by atoms with Gasteiger partial charge in [0.1, 0.15) is 0 Å². The van der Waals surface area contributed by atoms with E-state index in [0.29, 0.717) is 0 Å². The number of halogens is 4. The fourth-order valence-corrected chi connectivity index (χ4v) is 0. The van der Waals surface area contributed by atoms with Crippen LogP contribution in [-0.2, 0) is 0 Å². The Morgan fingerprint density at radius 3 is 1.17 bits per heavy atom. The lowest BCUT2D eigenvalue weighted by Gasteiger charge is -1.92. The number of alkyl halides is 4. The minimum atomic E-state index is -2.08. The van der Waals surface area contributed by atoms with Gasteiger partial charge in [-0.15, -0.1) is 0 Å². The first kappa shape index (κ1) is 6.44. The fraction of sp³-hybridized carbons (Fsp3) is 1.00. The van der Waals surface area contributed by atoms with Crippen molar-refractivity contribution < 1.29 is 8.78 Å². The second-order valence-electron chi connectivity index (χ2n) is 0.669. The van der Waals surface area contributed by atoms with E-state index in [1.165, 1.54) is 0 Å². The molecule has 0 aromatic rings. The molecule has 0 rings (SSSR count). The first-order chi connectivity index (χ1) is 2.64. The van der Waals surface area contributed by atoms with Crippen LogP contribution in [0.25, 0.3) is 0 Å². The summed E-state index contributed by atoms with van der Waals surface area (Å²) in [6.07, 6.45) is 0. The van der Waals surface area contributed by atoms with E-state index in [-0.39, 0.29) is 0 Å². The smallest absolute Gasteiger partial charge is 0.218 e. The van der Waals surface area contributed by atoms with Gasteiger partial charge >= 0.3 is 0 Å². The zero-order valence-corrected chi connectivity index (χ0v) is 4.18. The van der Waals surface area contributed by atoms with Crippen LogP contribution in [0, 0.1) is 0 Å². The molecular formula is C2H2Cl2F2. The molecule has 0 amide bonds. The van der Waals surface area contributed by atoms with Gasteiger partial charge in [-0.2, -0.15) is 0 Å². The molecule has 0 aliphatic carbocycles. The van der Waals surface area contributed by atoms with Crippen LogP contribution >= 0.6 is 23.2 Å². The van der Waals surface area contributed by atoms with Crippen molar-refractivity contribution >= 4 is 23.2 Å². The molecule has 0 aromatic carbocycles. The first-order valence-electron chi connectivity index (χ1n) is 1.21. The molecule has 6 heavy (non-hydrogen) atoms. The third-order valence-corrected chi connectivity index (χ3v) is 0.762. The van der Waals surface area contributed by atoms with E-state index >= 15 is 0 Å². The lowest BCUT2D eigenvalue weighted by atomic mass is 10.8. The highest BCUT2D eigenvalue weighted by Gasteiger charge is 2.11. The maximum atomic E-state index is 11.1. The molecule has 0 radical (unpaired) electrons. The van der Waals surface area contributed by atoms with Crippen molar-refractivity contribution in [2.45, 2.75) is 11.3 Å². The SMILES string of the molecule is F[C@H](Cl)[C@@H](F)Cl. The van der Waals surface area contributed by atoms with Gasteiger partial charge in [-0.1, -0.05) is 23.2 Å². The third-order valence-electron chi connectivity index (χ3n) is 0.190. The molecule has 2 atom stereocenters. The van der Waals surface area contributed by atoms with Gasteiger partial charge in [0.05, 0.1) is 0 Å². The van der Waals surface area contributed by atoms with E-state index in [1.54, 1.807) is 0 Å². The lowest BCUT2D eigenvalue weighted by Crippen LogP contribution is -1.99. The zero-order chi connectivity index (χ0) is 5.15. The van der Waals surface area contributed by atoms with Crippen molar-refractivity contribution in [3.8, 4) is 0 Å². The second kappa shape index (κ2) is 2.59. The average molecular weight is 135 g/mol. The Morgan fingerprint density at radius 2 is 1.17 bits per heavy atom. The first-order valence-corrected chi connectivity index (χ1v) is 2.08. The highest BCUT2D eigenvalue weighted by atomic mass is 35.5. The fourth-order valence-electron chi connectivity index (χ4n) is 0. The van der Waals surface area contributed by atoms with Gasteiger partial charge in [-0.25, -0.2) is 8.78 Å². The van der Waals surface area contributed by atoms with Crippen molar-refractivity contribution in [1.29, 1.82) is 0 Å². The minimum Gasteiger partial charge on any atom is -0.225 e. The van der Waals surface area contributed by atoms with Crippen LogP contribution in [0.1, 0.15) is 0 Å². The maximum Gasteiger partial charge on any atom is 0.218 e. The summed E-state index contributed by atoms with van der Waals surface area (Å²) in [5, 5.41) is 0. The van der Waals surface area contributed by atoms with Crippen molar-refractivity contribution in [3.63, 3.8) is 0 Å². The molecule has 0 N–H and O–H groups in total. The van der Waals surface area contributed by atoms with Crippen molar-refractivity contribution in [2.75, 3.05) is 0 Å². The quantitative estimate of drug-likeness (QED) is 0.482. The van der Waals surface area contributed by atoms with Crippen LogP contribution in [0.4, 0.5) is 8.78 Å². The van der Waals surface area contributed by atoms with E-state index in [2.05, 4.69) is 23.2 Å². The summed E-state index contributed by atoms with van der Waals surface area (Å²) in [5.74, 6) is 0. The molecular weight excluding hydrogens is 133 g/mol. The highest BCUT2D eigenvalue weighted by molar-refractivity contribution is 6.28. The van der Waals surface area contributed by atoms with Crippen LogP contribution in [0.2, 0.25) is 0 Å². The summed E-state index contributed by atoms with van der Waals surface area (Å²) in [5.41, 5.74) is -4.15. The van der Waals surface area contributed by atoms with Gasteiger partial charge in [0, 0.05) is 0 Å². The van der Waals surface area contributed by atoms with Crippen LogP contribution in [0.3, 0.4) is 0 Å². The summed E-state index contributed by atoms with van der Waals surface area (Å²) in [6, 6.07) is 0. The Hall–Kier alpha value is 0.440. The lowest BCUT2D eigenvalue weighted by molar-refractivity contribution is 0.306. The van der Waals surface area contributed by atoms with Gasteiger partial charge in [0.15, 0.2) is 0 Å². The predicted molar refractivity (Wildman–Crippen MR) is 21.5 cm³/mol. The Bertz CT molecular complexity index is 30.5. The van der Waals surface area contributed by atoms with E-state index < -0.39 is 11.3 Å². The standard InChI is InChI=1S/C2H2Cl2F2/c3-1(5)2(4)6/h1-2H/t1-,2+. The molecule has 0 saturated carbocycles. The van der Waals surface area contributed by atoms with Crippen LogP contribution in [0.5, 0.6) is 0 Å². The normalized spacial score (nSPS) is 20.0.